The minimum absolute atomic E-state index is 0.267. The third kappa shape index (κ3) is 4.04. The van der Waals surface area contributed by atoms with Crippen molar-refractivity contribution in [1.29, 1.82) is 0 Å². The van der Waals surface area contributed by atoms with Crippen LogP contribution in [-0.4, -0.2) is 48.0 Å². The molecule has 20 heavy (non-hydrogen) atoms. The quantitative estimate of drug-likeness (QED) is 0.825. The molecule has 5 heteroatoms. The van der Waals surface area contributed by atoms with E-state index in [1.807, 2.05) is 10.9 Å². The van der Waals surface area contributed by atoms with Gasteiger partial charge >= 0.3 is 0 Å². The average molecular weight is 280 g/mol. The molecule has 2 N–H and O–H groups in total. The number of aromatic nitrogens is 2. The molecule has 0 aliphatic carbocycles. The predicted octanol–water partition coefficient (Wildman–Crippen LogP) is 1.65. The topological polar surface area (TPSA) is 56.3 Å². The molecule has 1 atom stereocenters. The SMILES string of the molecule is CCCn1cc(C(CN)N(C)CC2CCOCC2)cn1. The Morgan fingerprint density at radius 3 is 2.90 bits per heavy atom. The molecule has 1 aliphatic rings. The Morgan fingerprint density at radius 2 is 2.25 bits per heavy atom. The fourth-order valence-corrected chi connectivity index (χ4v) is 2.94. The number of hydrogen-bond donors (Lipinski definition) is 1. The average Bonchev–Trinajstić information content (AvgIpc) is 2.89. The van der Waals surface area contributed by atoms with Gasteiger partial charge in [0.05, 0.1) is 6.20 Å². The summed E-state index contributed by atoms with van der Waals surface area (Å²) in [6.45, 7) is 6.67. The third-order valence-electron chi connectivity index (χ3n) is 4.13. The maximum Gasteiger partial charge on any atom is 0.0538 e. The number of ether oxygens (including phenoxy) is 1. The van der Waals surface area contributed by atoms with Gasteiger partial charge in [-0.3, -0.25) is 9.58 Å². The molecule has 5 nitrogen and oxygen atoms in total. The van der Waals surface area contributed by atoms with Crippen LogP contribution < -0.4 is 5.73 Å². The van der Waals surface area contributed by atoms with E-state index in [0.29, 0.717) is 6.54 Å². The molecule has 2 rings (SSSR count). The first-order chi connectivity index (χ1) is 9.74. The van der Waals surface area contributed by atoms with Gasteiger partial charge < -0.3 is 10.5 Å². The van der Waals surface area contributed by atoms with E-state index in [0.717, 1.165) is 51.5 Å². The summed E-state index contributed by atoms with van der Waals surface area (Å²) in [4.78, 5) is 2.38. The van der Waals surface area contributed by atoms with Crippen LogP contribution in [0.5, 0.6) is 0 Å². The van der Waals surface area contributed by atoms with Gasteiger partial charge in [-0.1, -0.05) is 6.92 Å². The molecule has 1 aromatic rings. The standard InChI is InChI=1S/C15H28N4O/c1-3-6-19-12-14(10-17-19)15(9-16)18(2)11-13-4-7-20-8-5-13/h10,12-13,15H,3-9,11,16H2,1-2H3. The Bertz CT molecular complexity index is 387. The fraction of sp³-hybridized carbons (Fsp3) is 0.800. The molecule has 1 unspecified atom stereocenters. The highest BCUT2D eigenvalue weighted by molar-refractivity contribution is 5.11. The molecule has 1 fully saturated rings. The molecule has 0 spiro atoms. The van der Waals surface area contributed by atoms with Gasteiger partial charge in [0.25, 0.3) is 0 Å². The molecule has 2 heterocycles. The van der Waals surface area contributed by atoms with Crippen molar-refractivity contribution < 1.29 is 4.74 Å². The molecule has 0 radical (unpaired) electrons. The maximum atomic E-state index is 5.99. The van der Waals surface area contributed by atoms with Crippen molar-refractivity contribution in [3.05, 3.63) is 18.0 Å². The summed E-state index contributed by atoms with van der Waals surface area (Å²) >= 11 is 0. The van der Waals surface area contributed by atoms with Crippen molar-refractivity contribution in [2.45, 2.75) is 38.8 Å². The molecule has 0 aromatic carbocycles. The molecule has 1 aromatic heterocycles. The summed E-state index contributed by atoms with van der Waals surface area (Å²) in [7, 11) is 2.17. The monoisotopic (exact) mass is 280 g/mol. The van der Waals surface area contributed by atoms with Crippen molar-refractivity contribution in [2.24, 2.45) is 11.7 Å². The van der Waals surface area contributed by atoms with Crippen LogP contribution in [0.2, 0.25) is 0 Å². The molecule has 0 amide bonds. The summed E-state index contributed by atoms with van der Waals surface area (Å²) in [5.74, 6) is 0.730. The normalized spacial score (nSPS) is 18.6. The molecular weight excluding hydrogens is 252 g/mol. The summed E-state index contributed by atoms with van der Waals surface area (Å²) < 4.78 is 7.44. The number of rotatable bonds is 7. The summed E-state index contributed by atoms with van der Waals surface area (Å²) in [5.41, 5.74) is 7.22. The van der Waals surface area contributed by atoms with E-state index in [-0.39, 0.29) is 6.04 Å². The van der Waals surface area contributed by atoms with E-state index in [9.17, 15) is 0 Å². The zero-order valence-corrected chi connectivity index (χ0v) is 12.8. The van der Waals surface area contributed by atoms with Crippen molar-refractivity contribution in [3.63, 3.8) is 0 Å². The highest BCUT2D eigenvalue weighted by atomic mass is 16.5. The zero-order valence-electron chi connectivity index (χ0n) is 12.8. The number of likely N-dealkylation sites (N-methyl/N-ethyl adjacent to an activating group) is 1. The minimum Gasteiger partial charge on any atom is -0.381 e. The molecule has 1 aliphatic heterocycles. The number of hydrogen-bond acceptors (Lipinski definition) is 4. The lowest BCUT2D eigenvalue weighted by Crippen LogP contribution is -2.35. The first-order valence-electron chi connectivity index (χ1n) is 7.75. The fourth-order valence-electron chi connectivity index (χ4n) is 2.94. The van der Waals surface area contributed by atoms with Gasteiger partial charge in [-0.25, -0.2) is 0 Å². The molecular formula is C15H28N4O. The van der Waals surface area contributed by atoms with Crippen LogP contribution in [0.15, 0.2) is 12.4 Å². The van der Waals surface area contributed by atoms with Gasteiger partial charge in [-0.2, -0.15) is 5.10 Å². The lowest BCUT2D eigenvalue weighted by atomic mass is 9.98. The van der Waals surface area contributed by atoms with E-state index in [4.69, 9.17) is 10.5 Å². The van der Waals surface area contributed by atoms with Gasteiger partial charge in [0.2, 0.25) is 0 Å². The summed E-state index contributed by atoms with van der Waals surface area (Å²) in [6, 6.07) is 0.267. The van der Waals surface area contributed by atoms with Crippen LogP contribution in [0.4, 0.5) is 0 Å². The van der Waals surface area contributed by atoms with Crippen LogP contribution in [0.3, 0.4) is 0 Å². The number of nitrogens with two attached hydrogens (primary N) is 1. The second kappa shape index (κ2) is 7.76. The smallest absolute Gasteiger partial charge is 0.0538 e. The van der Waals surface area contributed by atoms with Crippen LogP contribution in [0.25, 0.3) is 0 Å². The van der Waals surface area contributed by atoms with E-state index in [1.165, 1.54) is 5.56 Å². The van der Waals surface area contributed by atoms with Crippen LogP contribution in [0, 0.1) is 5.92 Å². The van der Waals surface area contributed by atoms with E-state index >= 15 is 0 Å². The van der Waals surface area contributed by atoms with Gasteiger partial charge in [0.1, 0.15) is 0 Å². The molecule has 114 valence electrons. The van der Waals surface area contributed by atoms with Crippen molar-refractivity contribution in [1.82, 2.24) is 14.7 Å². The minimum atomic E-state index is 0.267. The van der Waals surface area contributed by atoms with Gasteiger partial charge in [-0.15, -0.1) is 0 Å². The highest BCUT2D eigenvalue weighted by Gasteiger charge is 2.22. The Kier molecular flexibility index (Phi) is 6.01. The molecule has 0 bridgehead atoms. The second-order valence-corrected chi connectivity index (χ2v) is 5.78. The first kappa shape index (κ1) is 15.5. The van der Waals surface area contributed by atoms with Gasteiger partial charge in [0, 0.05) is 50.7 Å². The predicted molar refractivity (Wildman–Crippen MR) is 80.5 cm³/mol. The number of aryl methyl sites for hydroxylation is 1. The summed E-state index contributed by atoms with van der Waals surface area (Å²) in [6.07, 6.45) is 7.54. The Hall–Kier alpha value is -0.910. The number of nitrogens with zero attached hydrogens (tertiary/aromatic N) is 3. The lowest BCUT2D eigenvalue weighted by Gasteiger charge is -2.31. The van der Waals surface area contributed by atoms with Crippen LogP contribution >= 0.6 is 0 Å². The maximum absolute atomic E-state index is 5.99. The first-order valence-corrected chi connectivity index (χ1v) is 7.75. The third-order valence-corrected chi connectivity index (χ3v) is 4.13. The molecule has 1 saturated heterocycles. The Labute approximate surface area is 122 Å². The Balaban J connectivity index is 1.94. The largest absolute Gasteiger partial charge is 0.381 e. The van der Waals surface area contributed by atoms with E-state index in [2.05, 4.69) is 30.2 Å². The van der Waals surface area contributed by atoms with Crippen molar-refractivity contribution >= 4 is 0 Å². The highest BCUT2D eigenvalue weighted by Crippen LogP contribution is 2.22. The lowest BCUT2D eigenvalue weighted by molar-refractivity contribution is 0.0507. The summed E-state index contributed by atoms with van der Waals surface area (Å²) in [5, 5.41) is 4.42. The van der Waals surface area contributed by atoms with Gasteiger partial charge in [-0.05, 0) is 32.2 Å². The van der Waals surface area contributed by atoms with Crippen LogP contribution in [0.1, 0.15) is 37.8 Å². The van der Waals surface area contributed by atoms with Crippen LogP contribution in [-0.2, 0) is 11.3 Å². The Morgan fingerprint density at radius 1 is 1.50 bits per heavy atom. The van der Waals surface area contributed by atoms with Gasteiger partial charge in [0.15, 0.2) is 0 Å². The molecule has 0 saturated carbocycles. The van der Waals surface area contributed by atoms with Crippen molar-refractivity contribution in [2.75, 3.05) is 33.4 Å². The second-order valence-electron chi connectivity index (χ2n) is 5.78. The van der Waals surface area contributed by atoms with E-state index in [1.54, 1.807) is 0 Å². The van der Waals surface area contributed by atoms with E-state index < -0.39 is 0 Å². The zero-order chi connectivity index (χ0) is 14.4. The van der Waals surface area contributed by atoms with Crippen molar-refractivity contribution in [3.8, 4) is 0 Å².